The Labute approximate surface area is 89.8 Å². The third-order valence-corrected chi connectivity index (χ3v) is 3.59. The zero-order valence-corrected chi connectivity index (χ0v) is 9.09. The molecule has 0 radical (unpaired) electrons. The average molecular weight is 217 g/mol. The van der Waals surface area contributed by atoms with Crippen molar-refractivity contribution in [1.29, 1.82) is 0 Å². The quantitative estimate of drug-likeness (QED) is 0.694. The van der Waals surface area contributed by atoms with E-state index in [0.29, 0.717) is 12.0 Å². The first-order valence-corrected chi connectivity index (χ1v) is 5.92. The summed E-state index contributed by atoms with van der Waals surface area (Å²) in [5.74, 6) is 0.877. The molecule has 0 aromatic heterocycles. The molecule has 3 nitrogen and oxygen atoms in total. The molecule has 0 spiro atoms. The molecule has 0 bridgehead atoms. The van der Waals surface area contributed by atoms with E-state index < -0.39 is 0 Å². The van der Waals surface area contributed by atoms with Gasteiger partial charge in [0.15, 0.2) is 0 Å². The molecule has 2 atom stereocenters. The van der Waals surface area contributed by atoms with E-state index in [0.717, 1.165) is 26.1 Å². The summed E-state index contributed by atoms with van der Waals surface area (Å²) in [6.07, 6.45) is 3.69. The van der Waals surface area contributed by atoms with Crippen LogP contribution >= 0.6 is 11.6 Å². The number of halogens is 1. The van der Waals surface area contributed by atoms with Gasteiger partial charge in [0.05, 0.1) is 0 Å². The smallest absolute Gasteiger partial charge is 0.237 e. The normalized spacial score (nSPS) is 32.5. The van der Waals surface area contributed by atoms with Gasteiger partial charge < -0.3 is 10.2 Å². The SMILES string of the molecule is O=C(CCl)N1CCC(C2CCCN2)C1. The van der Waals surface area contributed by atoms with Crippen molar-refractivity contribution < 1.29 is 4.79 Å². The summed E-state index contributed by atoms with van der Waals surface area (Å²) < 4.78 is 0. The Bertz CT molecular complexity index is 216. The van der Waals surface area contributed by atoms with Gasteiger partial charge in [-0.25, -0.2) is 0 Å². The number of carbonyl (C=O) groups excluding carboxylic acids is 1. The fourth-order valence-electron chi connectivity index (χ4n) is 2.54. The molecule has 2 rings (SSSR count). The van der Waals surface area contributed by atoms with Crippen LogP contribution in [-0.4, -0.2) is 42.4 Å². The molecule has 80 valence electrons. The molecule has 2 heterocycles. The molecule has 2 saturated heterocycles. The molecule has 2 unspecified atom stereocenters. The maximum atomic E-state index is 11.3. The largest absolute Gasteiger partial charge is 0.341 e. The molecular weight excluding hydrogens is 200 g/mol. The van der Waals surface area contributed by atoms with Gasteiger partial charge in [-0.1, -0.05) is 0 Å². The predicted molar refractivity (Wildman–Crippen MR) is 56.4 cm³/mol. The highest BCUT2D eigenvalue weighted by atomic mass is 35.5. The third kappa shape index (κ3) is 2.04. The Kier molecular flexibility index (Phi) is 3.29. The summed E-state index contributed by atoms with van der Waals surface area (Å²) in [7, 11) is 0. The number of amides is 1. The summed E-state index contributed by atoms with van der Waals surface area (Å²) in [5.41, 5.74) is 0. The van der Waals surface area contributed by atoms with Crippen molar-refractivity contribution in [3.05, 3.63) is 0 Å². The minimum atomic E-state index is 0.0900. The fraction of sp³-hybridized carbons (Fsp3) is 0.900. The number of nitrogens with one attached hydrogen (secondary N) is 1. The lowest BCUT2D eigenvalue weighted by Gasteiger charge is -2.19. The highest BCUT2D eigenvalue weighted by molar-refractivity contribution is 6.27. The van der Waals surface area contributed by atoms with E-state index in [-0.39, 0.29) is 11.8 Å². The monoisotopic (exact) mass is 216 g/mol. The van der Waals surface area contributed by atoms with Crippen LogP contribution < -0.4 is 5.32 Å². The van der Waals surface area contributed by atoms with Gasteiger partial charge in [0.1, 0.15) is 5.88 Å². The second-order valence-corrected chi connectivity index (χ2v) is 4.49. The van der Waals surface area contributed by atoms with Crippen LogP contribution in [0.2, 0.25) is 0 Å². The maximum Gasteiger partial charge on any atom is 0.237 e. The number of nitrogens with zero attached hydrogens (tertiary/aromatic N) is 1. The summed E-state index contributed by atoms with van der Waals surface area (Å²) in [5, 5.41) is 3.51. The summed E-state index contributed by atoms with van der Waals surface area (Å²) in [6, 6.07) is 0.642. The van der Waals surface area contributed by atoms with Crippen molar-refractivity contribution in [2.75, 3.05) is 25.5 Å². The highest BCUT2D eigenvalue weighted by Crippen LogP contribution is 2.24. The van der Waals surface area contributed by atoms with E-state index in [1.807, 2.05) is 4.90 Å². The Morgan fingerprint density at radius 2 is 2.36 bits per heavy atom. The van der Waals surface area contributed by atoms with Crippen LogP contribution in [0.25, 0.3) is 0 Å². The fourth-order valence-corrected chi connectivity index (χ4v) is 2.71. The topological polar surface area (TPSA) is 32.3 Å². The van der Waals surface area contributed by atoms with Crippen molar-refractivity contribution in [1.82, 2.24) is 10.2 Å². The van der Waals surface area contributed by atoms with Crippen molar-refractivity contribution in [3.63, 3.8) is 0 Å². The van der Waals surface area contributed by atoms with Gasteiger partial charge >= 0.3 is 0 Å². The number of hydrogen-bond donors (Lipinski definition) is 1. The van der Waals surface area contributed by atoms with Gasteiger partial charge in [-0.3, -0.25) is 4.79 Å². The van der Waals surface area contributed by atoms with Gasteiger partial charge in [0.2, 0.25) is 5.91 Å². The molecule has 2 fully saturated rings. The Morgan fingerprint density at radius 1 is 1.50 bits per heavy atom. The number of rotatable bonds is 2. The average Bonchev–Trinajstić information content (AvgIpc) is 2.86. The lowest BCUT2D eigenvalue weighted by atomic mass is 9.98. The van der Waals surface area contributed by atoms with Crippen molar-refractivity contribution in [2.24, 2.45) is 5.92 Å². The van der Waals surface area contributed by atoms with Crippen LogP contribution in [0.3, 0.4) is 0 Å². The molecule has 0 aliphatic carbocycles. The van der Waals surface area contributed by atoms with Gasteiger partial charge in [0, 0.05) is 19.1 Å². The first kappa shape index (κ1) is 10.2. The molecule has 4 heteroatoms. The molecule has 2 aliphatic heterocycles. The Hall–Kier alpha value is -0.280. The highest BCUT2D eigenvalue weighted by Gasteiger charge is 2.32. The molecule has 14 heavy (non-hydrogen) atoms. The first-order chi connectivity index (χ1) is 6.81. The van der Waals surface area contributed by atoms with E-state index in [9.17, 15) is 4.79 Å². The minimum absolute atomic E-state index is 0.0900. The molecule has 1 N–H and O–H groups in total. The summed E-state index contributed by atoms with van der Waals surface area (Å²) >= 11 is 5.53. The van der Waals surface area contributed by atoms with Gasteiger partial charge in [-0.2, -0.15) is 0 Å². The van der Waals surface area contributed by atoms with E-state index >= 15 is 0 Å². The summed E-state index contributed by atoms with van der Waals surface area (Å²) in [6.45, 7) is 2.95. The lowest BCUT2D eigenvalue weighted by Crippen LogP contribution is -2.35. The Balaban J connectivity index is 1.84. The molecule has 0 aromatic rings. The van der Waals surface area contributed by atoms with Crippen molar-refractivity contribution >= 4 is 17.5 Å². The molecule has 0 saturated carbocycles. The predicted octanol–water partition coefficient (Wildman–Crippen LogP) is 0.826. The standard InChI is InChI=1S/C10H17ClN2O/c11-6-10(14)13-5-3-8(7-13)9-2-1-4-12-9/h8-9,12H,1-7H2. The number of alkyl halides is 1. The second-order valence-electron chi connectivity index (χ2n) is 4.22. The first-order valence-electron chi connectivity index (χ1n) is 5.38. The van der Waals surface area contributed by atoms with E-state index in [1.165, 1.54) is 12.8 Å². The van der Waals surface area contributed by atoms with E-state index in [1.54, 1.807) is 0 Å². The zero-order valence-electron chi connectivity index (χ0n) is 8.34. The molecule has 1 amide bonds. The van der Waals surface area contributed by atoms with Crippen LogP contribution in [0.15, 0.2) is 0 Å². The van der Waals surface area contributed by atoms with E-state index in [4.69, 9.17) is 11.6 Å². The van der Waals surface area contributed by atoms with Gasteiger partial charge in [-0.15, -0.1) is 11.6 Å². The molecular formula is C10H17ClN2O. The third-order valence-electron chi connectivity index (χ3n) is 3.36. The zero-order chi connectivity index (χ0) is 9.97. The van der Waals surface area contributed by atoms with Crippen molar-refractivity contribution in [2.45, 2.75) is 25.3 Å². The van der Waals surface area contributed by atoms with E-state index in [2.05, 4.69) is 5.32 Å². The molecule has 0 aromatic carbocycles. The molecule has 2 aliphatic rings. The number of carbonyl (C=O) groups is 1. The van der Waals surface area contributed by atoms with Crippen molar-refractivity contribution in [3.8, 4) is 0 Å². The van der Waals surface area contributed by atoms with Gasteiger partial charge in [-0.05, 0) is 31.7 Å². The minimum Gasteiger partial charge on any atom is -0.341 e. The van der Waals surface area contributed by atoms with Crippen LogP contribution in [0.5, 0.6) is 0 Å². The van der Waals surface area contributed by atoms with Gasteiger partial charge in [0.25, 0.3) is 0 Å². The van der Waals surface area contributed by atoms with Crippen LogP contribution in [0.4, 0.5) is 0 Å². The maximum absolute atomic E-state index is 11.3. The Morgan fingerprint density at radius 3 is 3.00 bits per heavy atom. The lowest BCUT2D eigenvalue weighted by molar-refractivity contribution is -0.127. The van der Waals surface area contributed by atoms with Crippen LogP contribution in [0, 0.1) is 5.92 Å². The van der Waals surface area contributed by atoms with Crippen LogP contribution in [0.1, 0.15) is 19.3 Å². The number of likely N-dealkylation sites (tertiary alicyclic amines) is 1. The number of hydrogen-bond acceptors (Lipinski definition) is 2. The second kappa shape index (κ2) is 4.49. The summed E-state index contributed by atoms with van der Waals surface area (Å²) in [4.78, 5) is 13.2. The van der Waals surface area contributed by atoms with Crippen LogP contribution in [-0.2, 0) is 4.79 Å².